The largest absolute Gasteiger partial charge is 0.342 e. The minimum atomic E-state index is 0.00385. The molecule has 2 aliphatic rings. The highest BCUT2D eigenvalue weighted by molar-refractivity contribution is 6.00. The Labute approximate surface area is 178 Å². The maximum Gasteiger partial charge on any atom is 0.232 e. The van der Waals surface area contributed by atoms with Crippen molar-refractivity contribution >= 4 is 17.6 Å². The number of nitrogens with zero attached hydrogens (tertiary/aromatic N) is 4. The number of rotatable bonds is 6. The zero-order chi connectivity index (χ0) is 21.3. The van der Waals surface area contributed by atoms with Gasteiger partial charge in [0.15, 0.2) is 0 Å². The molecule has 2 aliphatic heterocycles. The first-order chi connectivity index (χ1) is 14.4. The Hall–Kier alpha value is -2.76. The number of carbonyl (C=O) groups excluding carboxylic acids is 2. The van der Waals surface area contributed by atoms with Gasteiger partial charge in [-0.1, -0.05) is 44.2 Å². The van der Waals surface area contributed by atoms with Crippen LogP contribution in [0.25, 0.3) is 0 Å². The van der Waals surface area contributed by atoms with Crippen LogP contribution in [-0.2, 0) is 22.4 Å². The molecule has 0 radical (unpaired) electrons. The van der Waals surface area contributed by atoms with Crippen molar-refractivity contribution in [2.45, 2.75) is 52.4 Å². The molecule has 2 aromatic rings. The molecular formula is C24H30N4O2. The quantitative estimate of drug-likeness (QED) is 0.738. The van der Waals surface area contributed by atoms with E-state index in [2.05, 4.69) is 12.1 Å². The molecule has 0 saturated carbocycles. The molecule has 3 heterocycles. The Kier molecular flexibility index (Phi) is 5.84. The number of carbonyl (C=O) groups is 2. The van der Waals surface area contributed by atoms with E-state index in [-0.39, 0.29) is 23.7 Å². The number of anilines is 1. The van der Waals surface area contributed by atoms with Crippen molar-refractivity contribution in [1.82, 2.24) is 14.9 Å². The van der Waals surface area contributed by atoms with E-state index in [1.165, 1.54) is 5.56 Å². The van der Waals surface area contributed by atoms with Crippen molar-refractivity contribution in [1.29, 1.82) is 0 Å². The van der Waals surface area contributed by atoms with Crippen molar-refractivity contribution in [2.75, 3.05) is 24.5 Å². The Balaban J connectivity index is 1.48. The average Bonchev–Trinajstić information content (AvgIpc) is 3.34. The summed E-state index contributed by atoms with van der Waals surface area (Å²) < 4.78 is 0. The van der Waals surface area contributed by atoms with Gasteiger partial charge in [-0.05, 0) is 31.7 Å². The van der Waals surface area contributed by atoms with E-state index < -0.39 is 0 Å². The van der Waals surface area contributed by atoms with Crippen LogP contribution in [0.1, 0.15) is 55.3 Å². The van der Waals surface area contributed by atoms with E-state index in [9.17, 15) is 9.59 Å². The lowest BCUT2D eigenvalue weighted by Crippen LogP contribution is -2.32. The second-order valence-electron chi connectivity index (χ2n) is 8.71. The number of hydrogen-bond acceptors (Lipinski definition) is 4. The van der Waals surface area contributed by atoms with Crippen molar-refractivity contribution in [3.05, 3.63) is 53.0 Å². The van der Waals surface area contributed by atoms with Crippen LogP contribution in [0, 0.1) is 12.8 Å². The third-order valence-corrected chi connectivity index (χ3v) is 6.14. The highest BCUT2D eigenvalue weighted by Gasteiger charge is 2.34. The van der Waals surface area contributed by atoms with Gasteiger partial charge in [0.2, 0.25) is 11.8 Å². The molecule has 6 heteroatoms. The fourth-order valence-corrected chi connectivity index (χ4v) is 4.43. The molecule has 158 valence electrons. The van der Waals surface area contributed by atoms with E-state index in [1.807, 2.05) is 48.8 Å². The van der Waals surface area contributed by atoms with Crippen LogP contribution >= 0.6 is 0 Å². The Morgan fingerprint density at radius 3 is 2.70 bits per heavy atom. The molecule has 6 nitrogen and oxygen atoms in total. The van der Waals surface area contributed by atoms with Gasteiger partial charge in [-0.25, -0.2) is 9.97 Å². The predicted octanol–water partition coefficient (Wildman–Crippen LogP) is 3.28. The number of likely N-dealkylation sites (tertiary alicyclic amines) is 1. The lowest BCUT2D eigenvalue weighted by Gasteiger charge is -2.20. The standard InChI is InChI=1S/C24H30N4O2/c1-16(2)24(30)27-13-11-19(15-27)22-25-17(3)20-14-21(29)28(23(20)26-22)12-7-10-18-8-5-4-6-9-18/h4-6,8-9,16,19H,7,10-15H2,1-3H3/t19-/m1/s1. The van der Waals surface area contributed by atoms with Gasteiger partial charge in [-0.15, -0.1) is 0 Å². The number of benzene rings is 1. The molecule has 30 heavy (non-hydrogen) atoms. The summed E-state index contributed by atoms with van der Waals surface area (Å²) in [5.74, 6) is 1.99. The monoisotopic (exact) mass is 406 g/mol. The van der Waals surface area contributed by atoms with Crippen molar-refractivity contribution < 1.29 is 9.59 Å². The molecule has 4 rings (SSSR count). The van der Waals surface area contributed by atoms with E-state index >= 15 is 0 Å². The van der Waals surface area contributed by atoms with Gasteiger partial charge in [0.1, 0.15) is 11.6 Å². The van der Waals surface area contributed by atoms with Gasteiger partial charge in [0.25, 0.3) is 0 Å². The first-order valence-electron chi connectivity index (χ1n) is 10.9. The molecular weight excluding hydrogens is 376 g/mol. The zero-order valence-electron chi connectivity index (χ0n) is 18.1. The molecule has 1 aromatic carbocycles. The second-order valence-corrected chi connectivity index (χ2v) is 8.71. The topological polar surface area (TPSA) is 66.4 Å². The van der Waals surface area contributed by atoms with E-state index in [4.69, 9.17) is 9.97 Å². The van der Waals surface area contributed by atoms with Gasteiger partial charge in [0.05, 0.1) is 6.42 Å². The fraction of sp³-hybridized carbons (Fsp3) is 0.500. The highest BCUT2D eigenvalue weighted by Crippen LogP contribution is 2.33. The lowest BCUT2D eigenvalue weighted by molar-refractivity contribution is -0.133. The molecule has 0 bridgehead atoms. The SMILES string of the molecule is Cc1nc([C@@H]2CCN(C(=O)C(C)C)C2)nc2c1CC(=O)N2CCCc1ccccc1. The normalized spacial score (nSPS) is 18.4. The minimum Gasteiger partial charge on any atom is -0.342 e. The summed E-state index contributed by atoms with van der Waals surface area (Å²) in [4.78, 5) is 38.4. The van der Waals surface area contributed by atoms with Gasteiger partial charge in [-0.3, -0.25) is 14.5 Å². The lowest BCUT2D eigenvalue weighted by atomic mass is 10.1. The molecule has 2 amide bonds. The van der Waals surface area contributed by atoms with Crippen molar-refractivity contribution in [2.24, 2.45) is 5.92 Å². The molecule has 1 atom stereocenters. The van der Waals surface area contributed by atoms with Crippen LogP contribution in [0.2, 0.25) is 0 Å². The summed E-state index contributed by atoms with van der Waals surface area (Å²) in [5.41, 5.74) is 3.13. The summed E-state index contributed by atoms with van der Waals surface area (Å²) in [5, 5.41) is 0. The molecule has 0 spiro atoms. The van der Waals surface area contributed by atoms with Gasteiger partial charge in [0, 0.05) is 42.7 Å². The number of aryl methyl sites for hydroxylation is 2. The van der Waals surface area contributed by atoms with Crippen molar-refractivity contribution in [3.63, 3.8) is 0 Å². The van der Waals surface area contributed by atoms with Gasteiger partial charge < -0.3 is 4.90 Å². The van der Waals surface area contributed by atoms with Crippen LogP contribution in [0.4, 0.5) is 5.82 Å². The number of hydrogen-bond donors (Lipinski definition) is 0. The third kappa shape index (κ3) is 4.09. The number of fused-ring (bicyclic) bond motifs is 1. The van der Waals surface area contributed by atoms with Crippen molar-refractivity contribution in [3.8, 4) is 0 Å². The second kappa shape index (κ2) is 8.54. The van der Waals surface area contributed by atoms with Crippen LogP contribution in [0.5, 0.6) is 0 Å². The Bertz CT molecular complexity index is 942. The van der Waals surface area contributed by atoms with E-state index in [1.54, 1.807) is 0 Å². The Morgan fingerprint density at radius 1 is 1.20 bits per heavy atom. The molecule has 0 N–H and O–H groups in total. The molecule has 0 unspecified atom stereocenters. The number of amides is 2. The first-order valence-corrected chi connectivity index (χ1v) is 10.9. The summed E-state index contributed by atoms with van der Waals surface area (Å²) in [6, 6.07) is 10.3. The molecule has 0 aliphatic carbocycles. The molecule has 1 fully saturated rings. The highest BCUT2D eigenvalue weighted by atomic mass is 16.2. The van der Waals surface area contributed by atoms with Gasteiger partial charge in [-0.2, -0.15) is 0 Å². The Morgan fingerprint density at radius 2 is 1.97 bits per heavy atom. The zero-order valence-corrected chi connectivity index (χ0v) is 18.1. The molecule has 1 saturated heterocycles. The van der Waals surface area contributed by atoms with E-state index in [0.717, 1.165) is 48.7 Å². The number of aromatic nitrogens is 2. The first kappa shape index (κ1) is 20.5. The summed E-state index contributed by atoms with van der Waals surface area (Å²) >= 11 is 0. The van der Waals surface area contributed by atoms with Crippen LogP contribution in [0.15, 0.2) is 30.3 Å². The summed E-state index contributed by atoms with van der Waals surface area (Å²) in [6.07, 6.45) is 3.09. The molecule has 1 aromatic heterocycles. The van der Waals surface area contributed by atoms with Crippen LogP contribution < -0.4 is 4.90 Å². The van der Waals surface area contributed by atoms with Crippen LogP contribution in [0.3, 0.4) is 0 Å². The minimum absolute atomic E-state index is 0.00385. The third-order valence-electron chi connectivity index (χ3n) is 6.14. The maximum absolute atomic E-state index is 12.7. The predicted molar refractivity (Wildman–Crippen MR) is 116 cm³/mol. The smallest absolute Gasteiger partial charge is 0.232 e. The average molecular weight is 407 g/mol. The van der Waals surface area contributed by atoms with Gasteiger partial charge >= 0.3 is 0 Å². The fourth-order valence-electron chi connectivity index (χ4n) is 4.43. The summed E-state index contributed by atoms with van der Waals surface area (Å²) in [6.45, 7) is 7.92. The maximum atomic E-state index is 12.7. The van der Waals surface area contributed by atoms with E-state index in [0.29, 0.717) is 19.5 Å². The summed E-state index contributed by atoms with van der Waals surface area (Å²) in [7, 11) is 0. The van der Waals surface area contributed by atoms with Crippen LogP contribution in [-0.4, -0.2) is 46.3 Å².